The largest absolute Gasteiger partial charge is 0.506 e. The number of fused-ring (bicyclic) bond motifs is 2. The highest BCUT2D eigenvalue weighted by molar-refractivity contribution is 6.47. The summed E-state index contributed by atoms with van der Waals surface area (Å²) in [6.07, 6.45) is 0.610. The first kappa shape index (κ1) is 22.6. The van der Waals surface area contributed by atoms with Crippen LogP contribution in [0.3, 0.4) is 0 Å². The molecule has 0 saturated carbocycles. The molecule has 0 spiro atoms. The molecule has 0 saturated heterocycles. The van der Waals surface area contributed by atoms with Crippen molar-refractivity contribution < 1.29 is 19.4 Å². The summed E-state index contributed by atoms with van der Waals surface area (Å²) in [5, 5.41) is 12.1. The predicted octanol–water partition coefficient (Wildman–Crippen LogP) is 5.87. The van der Waals surface area contributed by atoms with Gasteiger partial charge in [-0.2, -0.15) is 0 Å². The van der Waals surface area contributed by atoms with Gasteiger partial charge in [0.2, 0.25) is 5.78 Å². The normalized spacial score (nSPS) is 16.9. The van der Waals surface area contributed by atoms with Gasteiger partial charge in [-0.05, 0) is 39.3 Å². The highest BCUT2D eigenvalue weighted by Gasteiger charge is 2.41. The van der Waals surface area contributed by atoms with E-state index >= 15 is 0 Å². The van der Waals surface area contributed by atoms with Gasteiger partial charge in [-0.15, -0.1) is 0 Å². The SMILES string of the molecule is C=C(C)C(=O)OCCCn1c(C)c(C2=C(O)/C(=C3\C(C)=Nc4ccccc43)C2=O)c2ccccc21. The molecule has 0 fully saturated rings. The van der Waals surface area contributed by atoms with E-state index in [9.17, 15) is 14.7 Å². The number of ether oxygens (including phenoxy) is 1. The summed E-state index contributed by atoms with van der Waals surface area (Å²) in [5.74, 6) is -0.564. The summed E-state index contributed by atoms with van der Waals surface area (Å²) in [6, 6.07) is 15.5. The van der Waals surface area contributed by atoms with Gasteiger partial charge in [-0.25, -0.2) is 4.79 Å². The number of allylic oxidation sites excluding steroid dienone is 3. The number of aromatic nitrogens is 1. The highest BCUT2D eigenvalue weighted by atomic mass is 16.5. The fourth-order valence-corrected chi connectivity index (χ4v) is 4.94. The van der Waals surface area contributed by atoms with Crippen molar-refractivity contribution in [1.82, 2.24) is 4.57 Å². The van der Waals surface area contributed by atoms with Gasteiger partial charge in [0.1, 0.15) is 5.76 Å². The maximum atomic E-state index is 13.5. The topological polar surface area (TPSA) is 80.9 Å². The predicted molar refractivity (Wildman–Crippen MR) is 138 cm³/mol. The number of aliphatic hydroxyl groups is 1. The monoisotopic (exact) mass is 466 g/mol. The van der Waals surface area contributed by atoms with Crippen molar-refractivity contribution in [2.45, 2.75) is 33.7 Å². The molecule has 0 atom stereocenters. The molecule has 0 unspecified atom stereocenters. The van der Waals surface area contributed by atoms with Crippen LogP contribution in [-0.2, 0) is 20.9 Å². The van der Waals surface area contributed by atoms with E-state index in [1.165, 1.54) is 0 Å². The van der Waals surface area contributed by atoms with Crippen LogP contribution in [-0.4, -0.2) is 33.7 Å². The van der Waals surface area contributed by atoms with Crippen LogP contribution in [0, 0.1) is 6.92 Å². The van der Waals surface area contributed by atoms with Gasteiger partial charge < -0.3 is 14.4 Å². The number of esters is 1. The minimum absolute atomic E-state index is 0.0117. The Hall–Kier alpha value is -4.19. The van der Waals surface area contributed by atoms with Crippen molar-refractivity contribution in [1.29, 1.82) is 0 Å². The maximum Gasteiger partial charge on any atom is 0.333 e. The van der Waals surface area contributed by atoms with Gasteiger partial charge in [0.05, 0.1) is 23.4 Å². The van der Waals surface area contributed by atoms with Crippen molar-refractivity contribution in [2.75, 3.05) is 6.61 Å². The lowest BCUT2D eigenvalue weighted by Crippen LogP contribution is -2.24. The molecule has 2 heterocycles. The molecule has 6 nitrogen and oxygen atoms in total. The minimum atomic E-state index is -0.400. The van der Waals surface area contributed by atoms with Crippen LogP contribution in [0.1, 0.15) is 37.1 Å². The second-order valence-electron chi connectivity index (χ2n) is 8.92. The Balaban J connectivity index is 1.54. The molecule has 1 aliphatic carbocycles. The molecule has 1 aliphatic heterocycles. The third-order valence-corrected chi connectivity index (χ3v) is 6.59. The average Bonchev–Trinajstić information content (AvgIpc) is 3.31. The third-order valence-electron chi connectivity index (χ3n) is 6.59. The Morgan fingerprint density at radius 1 is 1.06 bits per heavy atom. The molecular weight excluding hydrogens is 440 g/mol. The van der Waals surface area contributed by atoms with Crippen LogP contribution in [0.25, 0.3) is 22.0 Å². The van der Waals surface area contributed by atoms with Crippen LogP contribution >= 0.6 is 0 Å². The number of rotatable bonds is 6. The Bertz CT molecular complexity index is 1530. The number of Topliss-reactive ketones (excluding diaryl/α,β-unsaturated/α-hetero) is 1. The summed E-state index contributed by atoms with van der Waals surface area (Å²) in [6.45, 7) is 9.90. The molecule has 5 rings (SSSR count). The second kappa shape index (κ2) is 8.55. The van der Waals surface area contributed by atoms with E-state index in [4.69, 9.17) is 4.74 Å². The van der Waals surface area contributed by atoms with E-state index < -0.39 is 5.97 Å². The maximum absolute atomic E-state index is 13.5. The number of aryl methyl sites for hydroxylation is 1. The van der Waals surface area contributed by atoms with Crippen molar-refractivity contribution >= 4 is 45.2 Å². The Morgan fingerprint density at radius 2 is 1.77 bits per heavy atom. The van der Waals surface area contributed by atoms with Gasteiger partial charge in [0.25, 0.3) is 0 Å². The number of hydrogen-bond acceptors (Lipinski definition) is 5. The summed E-state index contributed by atoms with van der Waals surface area (Å²) in [4.78, 5) is 29.8. The fourth-order valence-electron chi connectivity index (χ4n) is 4.94. The van der Waals surface area contributed by atoms with E-state index in [-0.39, 0.29) is 18.1 Å². The van der Waals surface area contributed by atoms with Gasteiger partial charge in [0, 0.05) is 51.1 Å². The van der Waals surface area contributed by atoms with Gasteiger partial charge >= 0.3 is 5.97 Å². The first-order valence-corrected chi connectivity index (χ1v) is 11.6. The number of benzene rings is 2. The lowest BCUT2D eigenvalue weighted by atomic mass is 9.78. The fraction of sp³-hybridized carbons (Fsp3) is 0.207. The number of ketones is 1. The molecule has 2 aromatic carbocycles. The smallest absolute Gasteiger partial charge is 0.333 e. The highest BCUT2D eigenvalue weighted by Crippen LogP contribution is 2.47. The number of aliphatic imine (C=N–C) groups is 1. The number of carbonyl (C=O) groups is 2. The van der Waals surface area contributed by atoms with Gasteiger partial charge in [0.15, 0.2) is 0 Å². The molecule has 2 aliphatic rings. The molecule has 0 bridgehead atoms. The first-order valence-electron chi connectivity index (χ1n) is 11.6. The molecule has 35 heavy (non-hydrogen) atoms. The zero-order chi connectivity index (χ0) is 24.9. The number of carbonyl (C=O) groups excluding carboxylic acids is 2. The number of aliphatic hydroxyl groups excluding tert-OH is 1. The molecule has 3 aromatic rings. The summed E-state index contributed by atoms with van der Waals surface area (Å²) >= 11 is 0. The molecule has 1 aromatic heterocycles. The van der Waals surface area contributed by atoms with Crippen molar-refractivity contribution in [3.05, 3.63) is 88.8 Å². The zero-order valence-electron chi connectivity index (χ0n) is 20.0. The molecular formula is C29H26N2O4. The van der Waals surface area contributed by atoms with E-state index in [1.54, 1.807) is 6.92 Å². The third kappa shape index (κ3) is 3.53. The van der Waals surface area contributed by atoms with E-state index in [2.05, 4.69) is 16.1 Å². The molecule has 0 amide bonds. The number of nitrogens with zero attached hydrogens (tertiary/aromatic N) is 2. The van der Waals surface area contributed by atoms with Crippen LogP contribution in [0.4, 0.5) is 5.69 Å². The van der Waals surface area contributed by atoms with Crippen LogP contribution in [0.2, 0.25) is 0 Å². The molecule has 1 N–H and O–H groups in total. The second-order valence-corrected chi connectivity index (χ2v) is 8.92. The average molecular weight is 467 g/mol. The molecule has 0 radical (unpaired) electrons. The van der Waals surface area contributed by atoms with Gasteiger partial charge in [-0.3, -0.25) is 9.79 Å². The summed E-state index contributed by atoms with van der Waals surface area (Å²) < 4.78 is 7.34. The lowest BCUT2D eigenvalue weighted by molar-refractivity contribution is -0.139. The van der Waals surface area contributed by atoms with E-state index in [0.29, 0.717) is 35.3 Å². The van der Waals surface area contributed by atoms with Crippen molar-refractivity contribution in [3.63, 3.8) is 0 Å². The Morgan fingerprint density at radius 3 is 2.51 bits per heavy atom. The van der Waals surface area contributed by atoms with E-state index in [0.717, 1.165) is 39.1 Å². The molecule has 6 heteroatoms. The Kier molecular flexibility index (Phi) is 5.52. The number of para-hydroxylation sites is 2. The first-order chi connectivity index (χ1) is 16.8. The van der Waals surface area contributed by atoms with Crippen LogP contribution in [0.5, 0.6) is 0 Å². The molecule has 176 valence electrons. The summed E-state index contributed by atoms with van der Waals surface area (Å²) in [7, 11) is 0. The minimum Gasteiger partial charge on any atom is -0.506 e. The van der Waals surface area contributed by atoms with E-state index in [1.807, 2.05) is 62.4 Å². The van der Waals surface area contributed by atoms with Gasteiger partial charge in [-0.1, -0.05) is 43.0 Å². The quantitative estimate of drug-likeness (QED) is 0.280. The number of hydrogen-bond donors (Lipinski definition) is 1. The van der Waals surface area contributed by atoms with Crippen molar-refractivity contribution in [3.8, 4) is 0 Å². The zero-order valence-corrected chi connectivity index (χ0v) is 20.0. The summed E-state index contributed by atoms with van der Waals surface area (Å²) in [5.41, 5.74) is 6.72. The lowest BCUT2D eigenvalue weighted by Gasteiger charge is -2.24. The van der Waals surface area contributed by atoms with Crippen LogP contribution in [0.15, 0.2) is 77.0 Å². The van der Waals surface area contributed by atoms with Crippen LogP contribution < -0.4 is 0 Å². The Labute approximate surface area is 203 Å². The van der Waals surface area contributed by atoms with Crippen molar-refractivity contribution in [2.24, 2.45) is 4.99 Å². The standard InChI is InChI=1S/C29H26N2O4/c1-16(2)29(34)35-15-9-14-31-18(4)24(20-11-6-8-13-22(20)31)26-27(32)25(28(26)33)23-17(3)30-21-12-7-5-10-19(21)23/h5-8,10-13,32H,1,9,14-15H2,2-4H3/b25-23-.